The Balaban J connectivity index is 0.00000433. The molecule has 1 aliphatic carbocycles. The van der Waals surface area contributed by atoms with Crippen molar-refractivity contribution in [2.75, 3.05) is 0 Å². The van der Waals surface area contributed by atoms with Crippen LogP contribution in [0.2, 0.25) is 0 Å². The van der Waals surface area contributed by atoms with Crippen molar-refractivity contribution in [3.8, 4) is 22.5 Å². The van der Waals surface area contributed by atoms with Gasteiger partial charge in [0.25, 0.3) is 5.56 Å². The van der Waals surface area contributed by atoms with Crippen LogP contribution in [0.4, 0.5) is 0 Å². The number of benzene rings is 2. The number of ether oxygens (including phenoxy) is 1. The number of aromatic nitrogens is 6. The molecule has 6 rings (SSSR count). The quantitative estimate of drug-likeness (QED) is 0.203. The number of hydrogen-bond acceptors (Lipinski definition) is 8. The van der Waals surface area contributed by atoms with Gasteiger partial charge in [-0.25, -0.2) is 9.31 Å². The van der Waals surface area contributed by atoms with Crippen molar-refractivity contribution in [2.45, 2.75) is 103 Å². The standard InChI is InChI=1S/C35H42N6O5.K.H/c1-6-9-30-29(20-23-12-14-24(15-13-23)27-10-7-8-11-28(27)31-37-34(43)46-39-31)32(42)40(33-36-22(3)38-41(30)33)25-16-18-26(19-17-25)45-21(2)35(4,5)44;;/h7-8,10-15,21,25-26,44H,6,9,16-20H2,1-5H3,(H,37,39,43);;/t21?,25-,26-;;. The van der Waals surface area contributed by atoms with Gasteiger partial charge in [0.15, 0.2) is 5.82 Å². The van der Waals surface area contributed by atoms with Gasteiger partial charge in [0.1, 0.15) is 5.82 Å². The second-order valence-corrected chi connectivity index (χ2v) is 12.9. The van der Waals surface area contributed by atoms with E-state index in [1.807, 2.05) is 71.5 Å². The molecule has 3 aromatic heterocycles. The van der Waals surface area contributed by atoms with Gasteiger partial charge < -0.3 is 9.84 Å². The van der Waals surface area contributed by atoms with Gasteiger partial charge >= 0.3 is 57.1 Å². The predicted molar refractivity (Wildman–Crippen MR) is 182 cm³/mol. The Kier molecular flexibility index (Phi) is 11.2. The van der Waals surface area contributed by atoms with Crippen molar-refractivity contribution < 1.29 is 14.4 Å². The summed E-state index contributed by atoms with van der Waals surface area (Å²) in [5.74, 6) is 1.00. The van der Waals surface area contributed by atoms with Gasteiger partial charge in [-0.05, 0) is 76.5 Å². The van der Waals surface area contributed by atoms with Crippen molar-refractivity contribution in [1.29, 1.82) is 0 Å². The summed E-state index contributed by atoms with van der Waals surface area (Å²) < 4.78 is 14.7. The zero-order valence-corrected chi connectivity index (χ0v) is 27.1. The molecule has 0 saturated heterocycles. The Hall–Kier alpha value is -2.71. The summed E-state index contributed by atoms with van der Waals surface area (Å²) in [5.41, 5.74) is 4.34. The molecule has 0 amide bonds. The van der Waals surface area contributed by atoms with Crippen LogP contribution in [0.15, 0.2) is 62.6 Å². The maximum absolute atomic E-state index is 14.4. The van der Waals surface area contributed by atoms with Crippen LogP contribution in [-0.2, 0) is 17.6 Å². The van der Waals surface area contributed by atoms with Crippen molar-refractivity contribution in [3.63, 3.8) is 0 Å². The van der Waals surface area contributed by atoms with Crippen LogP contribution < -0.4 is 11.3 Å². The fourth-order valence-electron chi connectivity index (χ4n) is 6.42. The summed E-state index contributed by atoms with van der Waals surface area (Å²) in [4.78, 5) is 33.4. The van der Waals surface area contributed by atoms with Gasteiger partial charge in [-0.15, -0.1) is 0 Å². The molecule has 2 aromatic carbocycles. The molecule has 1 unspecified atom stereocenters. The summed E-state index contributed by atoms with van der Waals surface area (Å²) >= 11 is 0. The molecule has 0 spiro atoms. The average Bonchev–Trinajstić information content (AvgIpc) is 3.64. The van der Waals surface area contributed by atoms with Crippen LogP contribution in [-0.4, -0.2) is 104 Å². The molecule has 3 heterocycles. The van der Waals surface area contributed by atoms with Crippen molar-refractivity contribution in [2.24, 2.45) is 0 Å². The minimum absolute atomic E-state index is 0. The van der Waals surface area contributed by atoms with Crippen LogP contribution in [0.1, 0.15) is 88.5 Å². The first-order valence-corrected chi connectivity index (χ1v) is 16.2. The molecule has 0 aliphatic heterocycles. The maximum atomic E-state index is 14.4. The van der Waals surface area contributed by atoms with Crippen molar-refractivity contribution in [3.05, 3.63) is 92.1 Å². The summed E-state index contributed by atoms with van der Waals surface area (Å²) in [6, 6.07) is 15.8. The summed E-state index contributed by atoms with van der Waals surface area (Å²) in [5, 5.41) is 19.0. The van der Waals surface area contributed by atoms with Gasteiger partial charge in [-0.3, -0.25) is 18.9 Å². The van der Waals surface area contributed by atoms with Gasteiger partial charge in [-0.2, -0.15) is 10.1 Å². The molecule has 47 heavy (non-hydrogen) atoms. The molecule has 244 valence electrons. The van der Waals surface area contributed by atoms with Crippen LogP contribution in [0, 0.1) is 6.92 Å². The monoisotopic (exact) mass is 666 g/mol. The van der Waals surface area contributed by atoms with Gasteiger partial charge in [0, 0.05) is 23.6 Å². The van der Waals surface area contributed by atoms with E-state index in [-0.39, 0.29) is 75.2 Å². The molecule has 0 radical (unpaired) electrons. The Morgan fingerprint density at radius 2 is 1.74 bits per heavy atom. The van der Waals surface area contributed by atoms with E-state index in [9.17, 15) is 14.7 Å². The molecule has 12 heteroatoms. The normalized spacial score (nSPS) is 17.5. The number of hydrogen-bond donors (Lipinski definition) is 2. The van der Waals surface area contributed by atoms with E-state index in [1.165, 1.54) is 0 Å². The third kappa shape index (κ3) is 7.64. The fraction of sp³-hybridized carbons (Fsp3) is 0.457. The van der Waals surface area contributed by atoms with E-state index in [0.29, 0.717) is 30.3 Å². The number of aromatic amines is 1. The Morgan fingerprint density at radius 3 is 2.36 bits per heavy atom. The molecule has 1 atom stereocenters. The van der Waals surface area contributed by atoms with Crippen LogP contribution in [0.5, 0.6) is 0 Å². The second kappa shape index (κ2) is 14.8. The Labute approximate surface area is 316 Å². The van der Waals surface area contributed by atoms with Gasteiger partial charge in [-0.1, -0.05) is 67.0 Å². The topological polar surface area (TPSA) is 141 Å². The van der Waals surface area contributed by atoms with Crippen LogP contribution in [0.25, 0.3) is 28.3 Å². The number of aryl methyl sites for hydroxylation is 2. The van der Waals surface area contributed by atoms with Crippen molar-refractivity contribution >= 4 is 57.2 Å². The molecule has 5 aromatic rings. The van der Waals surface area contributed by atoms with Gasteiger partial charge in [0.05, 0.1) is 23.5 Å². The third-order valence-electron chi connectivity index (χ3n) is 9.15. The number of rotatable bonds is 10. The Morgan fingerprint density at radius 1 is 1.06 bits per heavy atom. The molecular weight excluding hydrogens is 624 g/mol. The first-order chi connectivity index (χ1) is 22.0. The van der Waals surface area contributed by atoms with E-state index >= 15 is 0 Å². The number of nitrogens with zero attached hydrogens (tertiary/aromatic N) is 5. The minimum atomic E-state index is -0.915. The van der Waals surface area contributed by atoms with Gasteiger partial charge in [0.2, 0.25) is 5.78 Å². The third-order valence-corrected chi connectivity index (χ3v) is 9.15. The van der Waals surface area contributed by atoms with E-state index in [0.717, 1.165) is 65.6 Å². The average molecular weight is 667 g/mol. The second-order valence-electron chi connectivity index (χ2n) is 12.9. The summed E-state index contributed by atoms with van der Waals surface area (Å²) in [6.45, 7) is 9.41. The van der Waals surface area contributed by atoms with Crippen molar-refractivity contribution in [1.82, 2.24) is 29.3 Å². The SMILES string of the molecule is CCCc1c(Cc2ccc(-c3ccccc3-c3noc(=O)[nH]3)cc2)c(=O)n([C@H]2CC[C@H](OC(C)C(C)(C)O)CC2)c2nc(C)nn12.[KH]. The first kappa shape index (κ1) is 35.6. The van der Waals surface area contributed by atoms with Crippen LogP contribution in [0.3, 0.4) is 0 Å². The first-order valence-electron chi connectivity index (χ1n) is 16.2. The fourth-order valence-corrected chi connectivity index (χ4v) is 6.42. The molecule has 0 bridgehead atoms. The van der Waals surface area contributed by atoms with E-state index in [1.54, 1.807) is 13.8 Å². The van der Waals surface area contributed by atoms with E-state index < -0.39 is 11.4 Å². The number of fused-ring (bicyclic) bond motifs is 1. The van der Waals surface area contributed by atoms with Crippen LogP contribution >= 0.6 is 0 Å². The zero-order chi connectivity index (χ0) is 32.6. The zero-order valence-electron chi connectivity index (χ0n) is 27.1. The number of nitrogens with one attached hydrogen (secondary N) is 1. The van der Waals surface area contributed by atoms with E-state index in [4.69, 9.17) is 19.3 Å². The molecule has 1 saturated carbocycles. The number of H-pyrrole nitrogens is 1. The summed E-state index contributed by atoms with van der Waals surface area (Å²) in [7, 11) is 0. The van der Waals surface area contributed by atoms with E-state index in [2.05, 4.69) is 17.1 Å². The molecular formula is C35H43KN6O5. The number of aliphatic hydroxyl groups is 1. The summed E-state index contributed by atoms with van der Waals surface area (Å²) in [6.07, 6.45) is 4.95. The molecule has 1 fully saturated rings. The molecule has 1 aliphatic rings. The molecule has 11 nitrogen and oxygen atoms in total. The Bertz CT molecular complexity index is 1940. The molecule has 2 N–H and O–H groups in total. The predicted octanol–water partition coefficient (Wildman–Crippen LogP) is 4.76.